The minimum atomic E-state index is -3.73. The van der Waals surface area contributed by atoms with Gasteiger partial charge in [-0.15, -0.1) is 0 Å². The standard InChI is InChI=1S/C19H22N6O5S/c1-11(2)25-19(28)14-8-6-5-7-13(14)16(23-25)18(27)22-21-17(26)15-9-12(10-24(15)4)31(29,30)20-3/h5-11,20H,1-4H3,(H,21,26)(H,22,27). The molecule has 1 aromatic carbocycles. The van der Waals surface area contributed by atoms with Gasteiger partial charge < -0.3 is 4.57 Å². The number of rotatable bonds is 5. The van der Waals surface area contributed by atoms with Gasteiger partial charge in [0.1, 0.15) is 10.6 Å². The van der Waals surface area contributed by atoms with E-state index in [1.54, 1.807) is 38.1 Å². The number of sulfonamides is 1. The summed E-state index contributed by atoms with van der Waals surface area (Å²) in [6, 6.07) is 7.45. The molecule has 0 spiro atoms. The van der Waals surface area contributed by atoms with E-state index in [2.05, 4.69) is 20.7 Å². The van der Waals surface area contributed by atoms with Crippen molar-refractivity contribution < 1.29 is 18.0 Å². The lowest BCUT2D eigenvalue weighted by molar-refractivity contribution is 0.0839. The Morgan fingerprint density at radius 3 is 2.29 bits per heavy atom. The van der Waals surface area contributed by atoms with Crippen LogP contribution < -0.4 is 21.1 Å². The summed E-state index contributed by atoms with van der Waals surface area (Å²) in [4.78, 5) is 37.7. The zero-order valence-electron chi connectivity index (χ0n) is 17.3. The van der Waals surface area contributed by atoms with E-state index in [-0.39, 0.29) is 27.9 Å². The van der Waals surface area contributed by atoms with Crippen molar-refractivity contribution >= 4 is 32.6 Å². The third-order valence-electron chi connectivity index (χ3n) is 4.61. The second-order valence-electron chi connectivity index (χ2n) is 7.03. The first-order chi connectivity index (χ1) is 14.6. The van der Waals surface area contributed by atoms with Gasteiger partial charge >= 0.3 is 0 Å². The molecule has 0 bridgehead atoms. The fourth-order valence-corrected chi connectivity index (χ4v) is 3.79. The predicted molar refractivity (Wildman–Crippen MR) is 113 cm³/mol. The number of nitrogens with zero attached hydrogens (tertiary/aromatic N) is 3. The molecule has 0 atom stereocenters. The van der Waals surface area contributed by atoms with E-state index in [9.17, 15) is 22.8 Å². The first kappa shape index (κ1) is 22.2. The average Bonchev–Trinajstić information content (AvgIpc) is 3.14. The third kappa shape index (κ3) is 4.20. The highest BCUT2D eigenvalue weighted by molar-refractivity contribution is 7.89. The fourth-order valence-electron chi connectivity index (χ4n) is 2.99. The third-order valence-corrected chi connectivity index (χ3v) is 6.00. The van der Waals surface area contributed by atoms with Crippen LogP contribution in [-0.4, -0.2) is 41.6 Å². The molecule has 3 rings (SSSR count). The predicted octanol–water partition coefficient (Wildman–Crippen LogP) is 0.299. The Hall–Kier alpha value is -3.51. The number of hydrazine groups is 1. The molecule has 31 heavy (non-hydrogen) atoms. The molecule has 0 aliphatic heterocycles. The molecule has 0 aliphatic rings. The van der Waals surface area contributed by atoms with Crippen molar-refractivity contribution in [2.24, 2.45) is 7.05 Å². The van der Waals surface area contributed by atoms with Gasteiger partial charge in [0.15, 0.2) is 5.69 Å². The van der Waals surface area contributed by atoms with Crippen molar-refractivity contribution in [1.82, 2.24) is 29.9 Å². The van der Waals surface area contributed by atoms with E-state index in [0.29, 0.717) is 10.8 Å². The highest BCUT2D eigenvalue weighted by Crippen LogP contribution is 2.15. The number of carbonyl (C=O) groups excluding carboxylic acids is 2. The van der Waals surface area contributed by atoms with Crippen molar-refractivity contribution in [3.8, 4) is 0 Å². The minimum Gasteiger partial charge on any atom is -0.345 e. The molecule has 12 heteroatoms. The molecule has 0 radical (unpaired) electrons. The van der Waals surface area contributed by atoms with Gasteiger partial charge in [-0.3, -0.25) is 25.2 Å². The maximum atomic E-state index is 12.8. The van der Waals surface area contributed by atoms with Crippen LogP contribution in [0.2, 0.25) is 0 Å². The van der Waals surface area contributed by atoms with Crippen LogP contribution in [-0.2, 0) is 17.1 Å². The maximum absolute atomic E-state index is 12.8. The molecule has 0 fully saturated rings. The van der Waals surface area contributed by atoms with E-state index in [1.807, 2.05) is 0 Å². The zero-order chi connectivity index (χ0) is 22.9. The molecule has 0 saturated carbocycles. The number of benzene rings is 1. The minimum absolute atomic E-state index is 0.0130. The summed E-state index contributed by atoms with van der Waals surface area (Å²) in [6.45, 7) is 3.53. The molecular weight excluding hydrogens is 424 g/mol. The van der Waals surface area contributed by atoms with Crippen molar-refractivity contribution in [2.75, 3.05) is 7.05 Å². The van der Waals surface area contributed by atoms with Crippen LogP contribution in [0, 0.1) is 0 Å². The van der Waals surface area contributed by atoms with Gasteiger partial charge in [-0.05, 0) is 33.0 Å². The largest absolute Gasteiger partial charge is 0.345 e. The van der Waals surface area contributed by atoms with Crippen LogP contribution in [0.15, 0.2) is 46.2 Å². The first-order valence-electron chi connectivity index (χ1n) is 9.29. The van der Waals surface area contributed by atoms with Crippen LogP contribution in [0.25, 0.3) is 10.8 Å². The monoisotopic (exact) mass is 446 g/mol. The smallest absolute Gasteiger partial charge is 0.290 e. The summed E-state index contributed by atoms with van der Waals surface area (Å²) in [5.41, 5.74) is 4.17. The fraction of sp³-hybridized carbons (Fsp3) is 0.263. The lowest BCUT2D eigenvalue weighted by Crippen LogP contribution is -2.43. The van der Waals surface area contributed by atoms with Crippen LogP contribution in [0.5, 0.6) is 0 Å². The molecular formula is C19H22N6O5S. The Bertz CT molecular complexity index is 1340. The van der Waals surface area contributed by atoms with Gasteiger partial charge in [-0.2, -0.15) is 5.10 Å². The molecule has 2 heterocycles. The molecule has 0 aliphatic carbocycles. The van der Waals surface area contributed by atoms with E-state index in [0.717, 1.165) is 0 Å². The summed E-state index contributed by atoms with van der Waals surface area (Å²) in [7, 11) is -0.970. The Morgan fingerprint density at radius 1 is 1.06 bits per heavy atom. The van der Waals surface area contributed by atoms with Crippen molar-refractivity contribution in [1.29, 1.82) is 0 Å². The van der Waals surface area contributed by atoms with Gasteiger partial charge in [0.2, 0.25) is 10.0 Å². The summed E-state index contributed by atoms with van der Waals surface area (Å²) in [6.07, 6.45) is 1.27. The van der Waals surface area contributed by atoms with Crippen molar-refractivity contribution in [3.63, 3.8) is 0 Å². The Balaban J connectivity index is 1.88. The number of amides is 2. The Labute approximate surface area is 178 Å². The summed E-state index contributed by atoms with van der Waals surface area (Å²) in [5.74, 6) is -1.45. The molecule has 2 aromatic heterocycles. The normalized spacial score (nSPS) is 11.6. The Kier molecular flexibility index (Phi) is 5.95. The molecule has 164 valence electrons. The number of nitrogens with one attached hydrogen (secondary N) is 3. The van der Waals surface area contributed by atoms with Gasteiger partial charge in [0.25, 0.3) is 17.4 Å². The Morgan fingerprint density at radius 2 is 1.68 bits per heavy atom. The van der Waals surface area contributed by atoms with E-state index in [1.165, 1.54) is 35.6 Å². The van der Waals surface area contributed by atoms with Gasteiger partial charge in [-0.25, -0.2) is 17.8 Å². The molecule has 3 aromatic rings. The summed E-state index contributed by atoms with van der Waals surface area (Å²) < 4.78 is 28.5. The number of carbonyl (C=O) groups is 2. The number of hydrogen-bond donors (Lipinski definition) is 3. The summed E-state index contributed by atoms with van der Waals surface area (Å²) >= 11 is 0. The second-order valence-corrected chi connectivity index (χ2v) is 8.91. The van der Waals surface area contributed by atoms with Crippen LogP contribution >= 0.6 is 0 Å². The highest BCUT2D eigenvalue weighted by atomic mass is 32.2. The van der Waals surface area contributed by atoms with Gasteiger partial charge in [-0.1, -0.05) is 18.2 Å². The van der Waals surface area contributed by atoms with E-state index in [4.69, 9.17) is 0 Å². The topological polar surface area (TPSA) is 144 Å². The lowest BCUT2D eigenvalue weighted by atomic mass is 10.1. The molecule has 3 N–H and O–H groups in total. The van der Waals surface area contributed by atoms with Gasteiger partial charge in [0, 0.05) is 18.6 Å². The SMILES string of the molecule is CNS(=O)(=O)c1cc(C(=O)NNC(=O)c2nn(C(C)C)c(=O)c3ccccc23)n(C)c1. The maximum Gasteiger partial charge on any atom is 0.290 e. The number of fused-ring (bicyclic) bond motifs is 1. The number of aryl methyl sites for hydroxylation is 1. The second kappa shape index (κ2) is 8.32. The van der Waals surface area contributed by atoms with Crippen LogP contribution in [0.4, 0.5) is 0 Å². The van der Waals surface area contributed by atoms with E-state index < -0.39 is 21.8 Å². The first-order valence-corrected chi connectivity index (χ1v) is 10.8. The average molecular weight is 446 g/mol. The summed E-state index contributed by atoms with van der Waals surface area (Å²) in [5, 5.41) is 4.83. The van der Waals surface area contributed by atoms with Crippen LogP contribution in [0.1, 0.15) is 40.9 Å². The highest BCUT2D eigenvalue weighted by Gasteiger charge is 2.21. The van der Waals surface area contributed by atoms with Crippen molar-refractivity contribution in [2.45, 2.75) is 24.8 Å². The molecule has 2 amide bonds. The van der Waals surface area contributed by atoms with Crippen molar-refractivity contribution in [3.05, 3.63) is 58.3 Å². The van der Waals surface area contributed by atoms with E-state index >= 15 is 0 Å². The quantitative estimate of drug-likeness (QED) is 0.481. The van der Waals surface area contributed by atoms with Crippen LogP contribution in [0.3, 0.4) is 0 Å². The lowest BCUT2D eigenvalue weighted by Gasteiger charge is -2.13. The van der Waals surface area contributed by atoms with Gasteiger partial charge in [0.05, 0.1) is 11.4 Å². The molecule has 11 nitrogen and oxygen atoms in total. The zero-order valence-corrected chi connectivity index (χ0v) is 18.1. The molecule has 0 saturated heterocycles. The molecule has 0 unspecified atom stereocenters. The number of hydrogen-bond acceptors (Lipinski definition) is 6. The number of aromatic nitrogens is 3.